The maximum absolute atomic E-state index is 12.5. The molecular formula is C27H30N4O4. The lowest BCUT2D eigenvalue weighted by Crippen LogP contribution is -2.31. The minimum atomic E-state index is -0.216. The summed E-state index contributed by atoms with van der Waals surface area (Å²) in [5.74, 6) is 1.50. The second kappa shape index (κ2) is 10.0. The van der Waals surface area contributed by atoms with Crippen LogP contribution < -0.4 is 19.5 Å². The van der Waals surface area contributed by atoms with Gasteiger partial charge in [-0.1, -0.05) is 29.8 Å². The van der Waals surface area contributed by atoms with Crippen molar-refractivity contribution < 1.29 is 19.0 Å². The molecule has 0 radical (unpaired) electrons. The van der Waals surface area contributed by atoms with Crippen LogP contribution in [-0.2, 0) is 11.8 Å². The average Bonchev–Trinajstić information content (AvgIpc) is 3.19. The minimum Gasteiger partial charge on any atom is -0.497 e. The smallest absolute Gasteiger partial charge is 0.258 e. The molecule has 1 N–H and O–H groups in total. The Kier molecular flexibility index (Phi) is 6.91. The zero-order valence-corrected chi connectivity index (χ0v) is 20.9. The Labute approximate surface area is 204 Å². The fraction of sp³-hybridized carbons (Fsp3) is 0.296. The average molecular weight is 475 g/mol. The highest BCUT2D eigenvalue weighted by Crippen LogP contribution is 2.35. The third kappa shape index (κ3) is 5.21. The number of amides is 1. The second-order valence-corrected chi connectivity index (χ2v) is 8.54. The fourth-order valence-corrected chi connectivity index (χ4v) is 3.98. The van der Waals surface area contributed by atoms with Gasteiger partial charge in [-0.15, -0.1) is 0 Å². The second-order valence-electron chi connectivity index (χ2n) is 8.54. The number of nitrogens with one attached hydrogen (secondary N) is 1. The maximum atomic E-state index is 12.5. The van der Waals surface area contributed by atoms with Crippen molar-refractivity contribution in [2.24, 2.45) is 7.05 Å². The van der Waals surface area contributed by atoms with Gasteiger partial charge < -0.3 is 19.5 Å². The van der Waals surface area contributed by atoms with E-state index in [9.17, 15) is 4.79 Å². The minimum absolute atomic E-state index is 0.122. The van der Waals surface area contributed by atoms with Gasteiger partial charge >= 0.3 is 0 Å². The van der Waals surface area contributed by atoms with E-state index in [1.54, 1.807) is 18.9 Å². The molecule has 0 spiro atoms. The highest BCUT2D eigenvalue weighted by atomic mass is 16.5. The number of pyridine rings is 1. The quantitative estimate of drug-likeness (QED) is 0.404. The van der Waals surface area contributed by atoms with Gasteiger partial charge in [0.15, 0.2) is 12.3 Å². The van der Waals surface area contributed by atoms with Crippen molar-refractivity contribution in [1.82, 2.24) is 20.1 Å². The van der Waals surface area contributed by atoms with Crippen LogP contribution in [0.15, 0.2) is 48.5 Å². The number of ether oxygens (including phenoxy) is 3. The number of aryl methyl sites for hydroxylation is 3. The normalized spacial score (nSPS) is 11.8. The molecule has 1 amide bonds. The Balaban J connectivity index is 1.54. The lowest BCUT2D eigenvalue weighted by Gasteiger charge is -2.15. The highest BCUT2D eigenvalue weighted by Gasteiger charge is 2.18. The van der Waals surface area contributed by atoms with Crippen molar-refractivity contribution in [2.75, 3.05) is 20.8 Å². The summed E-state index contributed by atoms with van der Waals surface area (Å²) >= 11 is 0. The molecule has 182 valence electrons. The van der Waals surface area contributed by atoms with Crippen LogP contribution in [0.1, 0.15) is 29.7 Å². The number of fused-ring (bicyclic) bond motifs is 1. The van der Waals surface area contributed by atoms with Gasteiger partial charge in [-0.05, 0) is 44.0 Å². The lowest BCUT2D eigenvalue weighted by atomic mass is 10.1. The maximum Gasteiger partial charge on any atom is 0.258 e. The standard InChI is InChI=1S/C27H30N4O4/c1-16-7-9-19(10-8-16)18(3)28-23(32)15-35-24-11-17(2)25-26(30-31(4)27(25)29-24)20-12-21(33-5)14-22(13-20)34-6/h7-14,18H,15H2,1-6H3,(H,28,32). The molecule has 1 unspecified atom stereocenters. The molecule has 2 aromatic carbocycles. The van der Waals surface area contributed by atoms with E-state index in [-0.39, 0.29) is 18.6 Å². The molecule has 4 aromatic rings. The number of rotatable bonds is 8. The third-order valence-electron chi connectivity index (χ3n) is 5.90. The van der Waals surface area contributed by atoms with E-state index in [0.717, 1.165) is 27.8 Å². The zero-order chi connectivity index (χ0) is 25.1. The molecule has 8 nitrogen and oxygen atoms in total. The Morgan fingerprint density at radius 1 is 1.03 bits per heavy atom. The van der Waals surface area contributed by atoms with Crippen molar-refractivity contribution in [3.63, 3.8) is 0 Å². The molecule has 0 fully saturated rings. The van der Waals surface area contributed by atoms with E-state index in [1.165, 1.54) is 5.56 Å². The van der Waals surface area contributed by atoms with Crippen molar-refractivity contribution in [3.8, 4) is 28.6 Å². The molecule has 0 bridgehead atoms. The molecule has 0 aliphatic heterocycles. The predicted molar refractivity (Wildman–Crippen MR) is 135 cm³/mol. The number of aromatic nitrogens is 3. The molecule has 35 heavy (non-hydrogen) atoms. The van der Waals surface area contributed by atoms with E-state index < -0.39 is 0 Å². The Morgan fingerprint density at radius 3 is 2.31 bits per heavy atom. The summed E-state index contributed by atoms with van der Waals surface area (Å²) in [5, 5.41) is 8.55. The van der Waals surface area contributed by atoms with Gasteiger partial charge in [0, 0.05) is 24.7 Å². The van der Waals surface area contributed by atoms with E-state index >= 15 is 0 Å². The highest BCUT2D eigenvalue weighted by molar-refractivity contribution is 5.94. The summed E-state index contributed by atoms with van der Waals surface area (Å²) < 4.78 is 18.3. The van der Waals surface area contributed by atoms with Crippen LogP contribution in [0.4, 0.5) is 0 Å². The van der Waals surface area contributed by atoms with Crippen molar-refractivity contribution in [1.29, 1.82) is 0 Å². The third-order valence-corrected chi connectivity index (χ3v) is 5.90. The van der Waals surface area contributed by atoms with E-state index in [2.05, 4.69) is 10.3 Å². The number of nitrogens with zero attached hydrogens (tertiary/aromatic N) is 3. The van der Waals surface area contributed by atoms with Crippen LogP contribution in [-0.4, -0.2) is 41.5 Å². The number of hydrogen-bond donors (Lipinski definition) is 1. The molecular weight excluding hydrogens is 444 g/mol. The molecule has 2 heterocycles. The summed E-state index contributed by atoms with van der Waals surface area (Å²) in [6.07, 6.45) is 0. The van der Waals surface area contributed by atoms with E-state index in [0.29, 0.717) is 23.0 Å². The van der Waals surface area contributed by atoms with Gasteiger partial charge in [0.25, 0.3) is 5.91 Å². The Hall–Kier alpha value is -4.07. The van der Waals surface area contributed by atoms with Gasteiger partial charge in [0.1, 0.15) is 17.2 Å². The summed E-state index contributed by atoms with van der Waals surface area (Å²) in [5.41, 5.74) is 5.43. The molecule has 8 heteroatoms. The molecule has 0 saturated carbocycles. The zero-order valence-electron chi connectivity index (χ0n) is 20.9. The van der Waals surface area contributed by atoms with Crippen molar-refractivity contribution in [2.45, 2.75) is 26.8 Å². The first kappa shape index (κ1) is 24.1. The van der Waals surface area contributed by atoms with Crippen LogP contribution >= 0.6 is 0 Å². The number of carbonyl (C=O) groups is 1. The topological polar surface area (TPSA) is 87.5 Å². The lowest BCUT2D eigenvalue weighted by molar-refractivity contribution is -0.123. The number of methoxy groups -OCH3 is 2. The molecule has 0 saturated heterocycles. The van der Waals surface area contributed by atoms with Crippen LogP contribution in [0.2, 0.25) is 0 Å². The summed E-state index contributed by atoms with van der Waals surface area (Å²) in [6.45, 7) is 5.82. The van der Waals surface area contributed by atoms with Gasteiger partial charge in [-0.2, -0.15) is 10.1 Å². The van der Waals surface area contributed by atoms with Crippen LogP contribution in [0, 0.1) is 13.8 Å². The first-order valence-corrected chi connectivity index (χ1v) is 11.4. The number of hydrogen-bond acceptors (Lipinski definition) is 6. The first-order valence-electron chi connectivity index (χ1n) is 11.4. The van der Waals surface area contributed by atoms with E-state index in [1.807, 2.05) is 76.3 Å². The monoisotopic (exact) mass is 474 g/mol. The summed E-state index contributed by atoms with van der Waals surface area (Å²) in [7, 11) is 5.06. The van der Waals surface area contributed by atoms with E-state index in [4.69, 9.17) is 19.3 Å². The predicted octanol–water partition coefficient (Wildman–Crippen LogP) is 4.53. The van der Waals surface area contributed by atoms with Gasteiger partial charge in [-0.3, -0.25) is 4.79 Å². The molecule has 0 aliphatic rings. The van der Waals surface area contributed by atoms with Crippen molar-refractivity contribution >= 4 is 16.9 Å². The van der Waals surface area contributed by atoms with Gasteiger partial charge in [0.2, 0.25) is 5.88 Å². The van der Waals surface area contributed by atoms with Crippen LogP contribution in [0.5, 0.6) is 17.4 Å². The molecule has 1 atom stereocenters. The fourth-order valence-electron chi connectivity index (χ4n) is 3.98. The number of carbonyl (C=O) groups excluding carboxylic acids is 1. The van der Waals surface area contributed by atoms with Crippen molar-refractivity contribution in [3.05, 3.63) is 65.2 Å². The Bertz CT molecular complexity index is 1340. The van der Waals surface area contributed by atoms with Gasteiger partial charge in [0.05, 0.1) is 25.6 Å². The molecule has 0 aliphatic carbocycles. The van der Waals surface area contributed by atoms with Gasteiger partial charge in [-0.25, -0.2) is 4.68 Å². The SMILES string of the molecule is COc1cc(OC)cc(-c2nn(C)c3nc(OCC(=O)NC(C)c4ccc(C)cc4)cc(C)c23)c1. The molecule has 4 rings (SSSR count). The number of benzene rings is 2. The summed E-state index contributed by atoms with van der Waals surface area (Å²) in [6, 6.07) is 15.4. The van der Waals surface area contributed by atoms with Crippen LogP contribution in [0.25, 0.3) is 22.3 Å². The van der Waals surface area contributed by atoms with Crippen LogP contribution in [0.3, 0.4) is 0 Å². The molecule has 2 aromatic heterocycles. The first-order chi connectivity index (χ1) is 16.8. The summed E-state index contributed by atoms with van der Waals surface area (Å²) in [4.78, 5) is 17.1. The Morgan fingerprint density at radius 2 is 1.69 bits per heavy atom. The largest absolute Gasteiger partial charge is 0.497 e.